The highest BCUT2D eigenvalue weighted by Crippen LogP contribution is 2.40. The van der Waals surface area contributed by atoms with E-state index in [-0.39, 0.29) is 0 Å². The van der Waals surface area contributed by atoms with Crippen LogP contribution in [0.4, 0.5) is 0 Å². The van der Waals surface area contributed by atoms with Crippen molar-refractivity contribution in [2.45, 2.75) is 0 Å². The second-order valence-electron chi connectivity index (χ2n) is 15.7. The predicted molar refractivity (Wildman–Crippen MR) is 254 cm³/mol. The van der Waals surface area contributed by atoms with E-state index in [0.717, 1.165) is 39.0 Å². The number of furan rings is 1. The molecular formula is C56H38N2OSi. The van der Waals surface area contributed by atoms with Crippen LogP contribution in [-0.2, 0) is 0 Å². The molecule has 0 bridgehead atoms. The fraction of sp³-hybridized carbons (Fsp3) is 0. The van der Waals surface area contributed by atoms with Crippen LogP contribution >= 0.6 is 0 Å². The van der Waals surface area contributed by atoms with Gasteiger partial charge in [-0.25, -0.2) is 0 Å². The Kier molecular flexibility index (Phi) is 7.87. The average Bonchev–Trinajstić information content (AvgIpc) is 3.98. The fourth-order valence-corrected chi connectivity index (χ4v) is 14.6. The zero-order chi connectivity index (χ0) is 39.6. The molecule has 0 aliphatic carbocycles. The number of para-hydroxylation sites is 4. The third kappa shape index (κ3) is 5.14. The van der Waals surface area contributed by atoms with Crippen molar-refractivity contribution in [2.75, 3.05) is 0 Å². The molecule has 60 heavy (non-hydrogen) atoms. The first kappa shape index (κ1) is 34.4. The molecule has 0 aliphatic heterocycles. The summed E-state index contributed by atoms with van der Waals surface area (Å²) in [5, 5.41) is 11.4. The van der Waals surface area contributed by atoms with Crippen LogP contribution in [0.15, 0.2) is 235 Å². The highest BCUT2D eigenvalue weighted by atomic mass is 28.3. The number of aromatic nitrogens is 2. The summed E-state index contributed by atoms with van der Waals surface area (Å²) >= 11 is 0. The van der Waals surface area contributed by atoms with E-state index in [1.54, 1.807) is 0 Å². The number of hydrogen-bond donors (Lipinski definition) is 0. The van der Waals surface area contributed by atoms with Crippen LogP contribution in [0.5, 0.6) is 0 Å². The van der Waals surface area contributed by atoms with Gasteiger partial charge in [-0.1, -0.05) is 176 Å². The monoisotopic (exact) mass is 782 g/mol. The summed E-state index contributed by atoms with van der Waals surface area (Å²) in [7, 11) is -2.80. The molecule has 0 saturated carbocycles. The van der Waals surface area contributed by atoms with Gasteiger partial charge >= 0.3 is 0 Å². The minimum absolute atomic E-state index is 0.871. The van der Waals surface area contributed by atoms with E-state index in [9.17, 15) is 0 Å². The largest absolute Gasteiger partial charge is 0.439 e. The van der Waals surface area contributed by atoms with E-state index in [0.29, 0.717) is 0 Å². The molecule has 12 rings (SSSR count). The molecule has 0 saturated heterocycles. The van der Waals surface area contributed by atoms with Crippen LogP contribution in [0.3, 0.4) is 0 Å². The topological polar surface area (TPSA) is 23.0 Å². The molecule has 0 radical (unpaired) electrons. The van der Waals surface area contributed by atoms with Crippen LogP contribution in [0, 0.1) is 0 Å². The molecule has 4 heteroatoms. The maximum Gasteiger partial charge on any atom is 0.213 e. The van der Waals surface area contributed by atoms with Gasteiger partial charge in [0.2, 0.25) is 5.71 Å². The van der Waals surface area contributed by atoms with Crippen molar-refractivity contribution >= 4 is 83.6 Å². The van der Waals surface area contributed by atoms with Gasteiger partial charge in [0.15, 0.2) is 8.07 Å². The van der Waals surface area contributed by atoms with Crippen LogP contribution in [0.1, 0.15) is 0 Å². The van der Waals surface area contributed by atoms with Crippen molar-refractivity contribution in [2.24, 2.45) is 0 Å². The smallest absolute Gasteiger partial charge is 0.213 e. The zero-order valence-electron chi connectivity index (χ0n) is 32.7. The van der Waals surface area contributed by atoms with Gasteiger partial charge < -0.3 is 8.98 Å². The van der Waals surface area contributed by atoms with Crippen molar-refractivity contribution in [3.63, 3.8) is 0 Å². The minimum atomic E-state index is -2.80. The van der Waals surface area contributed by atoms with Gasteiger partial charge in [0.25, 0.3) is 0 Å². The second kappa shape index (κ2) is 13.7. The molecule has 3 aromatic heterocycles. The summed E-state index contributed by atoms with van der Waals surface area (Å²) in [6, 6.07) is 84.4. The summed E-state index contributed by atoms with van der Waals surface area (Å²) in [4.78, 5) is 0. The molecule has 3 nitrogen and oxygen atoms in total. The summed E-state index contributed by atoms with van der Waals surface area (Å²) in [6.07, 6.45) is 0. The quantitative estimate of drug-likeness (QED) is 0.117. The first-order valence-corrected chi connectivity index (χ1v) is 22.6. The summed E-state index contributed by atoms with van der Waals surface area (Å²) < 4.78 is 11.2. The highest BCUT2D eigenvalue weighted by molar-refractivity contribution is 7.19. The fourth-order valence-electron chi connectivity index (χ4n) is 9.85. The molecule has 0 spiro atoms. The van der Waals surface area contributed by atoms with E-state index in [2.05, 4.69) is 234 Å². The molecule has 0 amide bonds. The van der Waals surface area contributed by atoms with E-state index >= 15 is 0 Å². The van der Waals surface area contributed by atoms with Crippen LogP contribution in [-0.4, -0.2) is 17.2 Å². The van der Waals surface area contributed by atoms with Gasteiger partial charge in [-0.2, -0.15) is 0 Å². The Morgan fingerprint density at radius 3 is 1.38 bits per heavy atom. The van der Waals surface area contributed by atoms with Crippen molar-refractivity contribution < 1.29 is 4.42 Å². The standard InChI is InChI=1S/C56H38N2OSi/c1-4-16-41(17-5-1)58-53-37-30-40(38-50(53)55-49-24-12-15-27-54(49)59-56(55)58)39-28-33-45(34-29-39)60(43-18-6-2-7-19-43,44-20-8-3-9-21-44)46-35-31-42(32-36-46)57-51-25-13-10-22-47(51)48-23-11-14-26-52(48)57/h1-38H. The number of fused-ring (bicyclic) bond motifs is 8. The predicted octanol–water partition coefficient (Wildman–Crippen LogP) is 11.7. The Morgan fingerprint density at radius 2 is 0.767 bits per heavy atom. The molecule has 0 aliphatic rings. The van der Waals surface area contributed by atoms with Gasteiger partial charge in [-0.3, -0.25) is 4.57 Å². The molecule has 0 atom stereocenters. The first-order valence-electron chi connectivity index (χ1n) is 20.6. The lowest BCUT2D eigenvalue weighted by Gasteiger charge is -2.34. The lowest BCUT2D eigenvalue weighted by molar-refractivity contribution is 0.645. The first-order chi connectivity index (χ1) is 29.8. The van der Waals surface area contributed by atoms with Crippen molar-refractivity contribution in [1.82, 2.24) is 9.13 Å². The molecule has 282 valence electrons. The third-order valence-electron chi connectivity index (χ3n) is 12.5. The molecule has 12 aromatic rings. The lowest BCUT2D eigenvalue weighted by atomic mass is 10.0. The summed E-state index contributed by atoms with van der Waals surface area (Å²) in [6.45, 7) is 0. The maximum absolute atomic E-state index is 6.58. The highest BCUT2D eigenvalue weighted by Gasteiger charge is 2.41. The number of benzene rings is 9. The molecule has 3 heterocycles. The number of hydrogen-bond acceptors (Lipinski definition) is 1. The van der Waals surface area contributed by atoms with Crippen molar-refractivity contribution in [1.29, 1.82) is 0 Å². The Morgan fingerprint density at radius 1 is 0.317 bits per heavy atom. The van der Waals surface area contributed by atoms with Gasteiger partial charge in [0, 0.05) is 32.9 Å². The molecule has 0 fully saturated rings. The van der Waals surface area contributed by atoms with E-state index in [1.165, 1.54) is 59.1 Å². The Balaban J connectivity index is 1.03. The molecule has 9 aromatic carbocycles. The van der Waals surface area contributed by atoms with Crippen LogP contribution < -0.4 is 20.7 Å². The third-order valence-corrected chi connectivity index (χ3v) is 17.3. The number of rotatable bonds is 7. The molecular weight excluding hydrogens is 745 g/mol. The lowest BCUT2D eigenvalue weighted by Crippen LogP contribution is -2.74. The Hall–Kier alpha value is -7.66. The van der Waals surface area contributed by atoms with Crippen molar-refractivity contribution in [3.8, 4) is 22.5 Å². The van der Waals surface area contributed by atoms with E-state index in [1.807, 2.05) is 6.07 Å². The normalized spacial score (nSPS) is 12.0. The average molecular weight is 783 g/mol. The van der Waals surface area contributed by atoms with Crippen molar-refractivity contribution in [3.05, 3.63) is 231 Å². The van der Waals surface area contributed by atoms with Crippen LogP contribution in [0.2, 0.25) is 0 Å². The van der Waals surface area contributed by atoms with Gasteiger partial charge in [0.05, 0.1) is 21.9 Å². The second-order valence-corrected chi connectivity index (χ2v) is 19.5. The Bertz CT molecular complexity index is 3420. The van der Waals surface area contributed by atoms with Gasteiger partial charge in [0.1, 0.15) is 5.58 Å². The zero-order valence-corrected chi connectivity index (χ0v) is 33.7. The van der Waals surface area contributed by atoms with Crippen LogP contribution in [0.25, 0.3) is 77.3 Å². The van der Waals surface area contributed by atoms with E-state index in [4.69, 9.17) is 4.42 Å². The summed E-state index contributed by atoms with van der Waals surface area (Å²) in [5.74, 6) is 0. The van der Waals surface area contributed by atoms with Gasteiger partial charge in [-0.15, -0.1) is 0 Å². The van der Waals surface area contributed by atoms with Gasteiger partial charge in [-0.05, 0) is 86.5 Å². The minimum Gasteiger partial charge on any atom is -0.439 e. The Labute approximate surface area is 348 Å². The SMILES string of the molecule is c1ccc(-n2c3ccc(-c4ccc([Si](c5ccccc5)(c5ccccc5)c5ccc(-n6c7ccccc7c7ccccc76)cc5)cc4)cc3c3c4ccccc4oc32)cc1. The maximum atomic E-state index is 6.58. The van der Waals surface area contributed by atoms with E-state index < -0.39 is 8.07 Å². The molecule has 0 N–H and O–H groups in total. The molecule has 0 unspecified atom stereocenters. The summed E-state index contributed by atoms with van der Waals surface area (Å²) in [5.41, 5.74) is 9.93. The number of nitrogens with zero attached hydrogens (tertiary/aromatic N) is 2.